The van der Waals surface area contributed by atoms with Crippen LogP contribution in [0.2, 0.25) is 0 Å². The van der Waals surface area contributed by atoms with Crippen molar-refractivity contribution in [3.8, 4) is 0 Å². The molecule has 4 heteroatoms. The Morgan fingerprint density at radius 2 is 2.07 bits per heavy atom. The Morgan fingerprint density at radius 3 is 2.80 bits per heavy atom. The van der Waals surface area contributed by atoms with Crippen LogP contribution in [0.4, 0.5) is 4.48 Å². The lowest BCUT2D eigenvalue weighted by Gasteiger charge is -1.95. The number of rotatable bonds is 3. The minimum Gasteiger partial charge on any atom is -0.350 e. The molecule has 0 aliphatic rings. The Bertz CT molecular complexity index is 439. The number of aryl methyl sites for hydroxylation is 1. The van der Waals surface area contributed by atoms with E-state index < -0.39 is 0 Å². The molecule has 0 saturated carbocycles. The molecule has 82 valence electrons. The summed E-state index contributed by atoms with van der Waals surface area (Å²) in [7, 11) is 2.01. The van der Waals surface area contributed by atoms with Gasteiger partial charge in [0.25, 0.3) is 0 Å². The minimum atomic E-state index is 0. The summed E-state index contributed by atoms with van der Waals surface area (Å²) in [6.07, 6.45) is 2.78. The van der Waals surface area contributed by atoms with Crippen molar-refractivity contribution in [3.05, 3.63) is 36.0 Å². The van der Waals surface area contributed by atoms with Crippen molar-refractivity contribution in [2.24, 2.45) is 7.05 Å². The third-order valence-corrected chi connectivity index (χ3v) is 2.47. The molecule has 1 N–H and O–H groups in total. The lowest BCUT2D eigenvalue weighted by molar-refractivity contribution is 0.337. The number of nitrogens with one attached hydrogen (secondary N) is 1. The van der Waals surface area contributed by atoms with Gasteiger partial charge in [-0.25, -0.2) is 0 Å². The van der Waals surface area contributed by atoms with E-state index in [1.165, 1.54) is 16.5 Å². The Balaban J connectivity index is 0.00000112. The summed E-state index contributed by atoms with van der Waals surface area (Å²) in [5, 5.41) is 1.21. The smallest absolute Gasteiger partial charge is 0.0480 e. The quantitative estimate of drug-likeness (QED) is 0.800. The Morgan fingerprint density at radius 1 is 1.33 bits per heavy atom. The zero-order valence-corrected chi connectivity index (χ0v) is 9.35. The molecule has 0 radical (unpaired) electrons. The molecule has 1 heterocycles. The highest BCUT2D eigenvalue weighted by Gasteiger charge is 2.04. The maximum Gasteiger partial charge on any atom is 0.0480 e. The van der Waals surface area contributed by atoms with Gasteiger partial charge in [0.1, 0.15) is 0 Å². The van der Waals surface area contributed by atoms with Gasteiger partial charge in [-0.1, -0.05) is 18.2 Å². The largest absolute Gasteiger partial charge is 0.350 e. The molecule has 2 rings (SSSR count). The molecule has 2 aromatic rings. The Labute approximate surface area is 94.4 Å². The van der Waals surface area contributed by atoms with Crippen molar-refractivity contribution in [1.82, 2.24) is 10.1 Å². The molecule has 0 saturated heterocycles. The summed E-state index contributed by atoms with van der Waals surface area (Å²) in [5.41, 5.74) is 4.06. The van der Waals surface area contributed by atoms with Crippen molar-refractivity contribution in [2.45, 2.75) is 6.42 Å². The predicted molar refractivity (Wildman–Crippen MR) is 63.0 cm³/mol. The molecule has 0 aliphatic carbocycles. The molecule has 2 nitrogen and oxygen atoms in total. The summed E-state index contributed by atoms with van der Waals surface area (Å²) >= 11 is 0. The zero-order chi connectivity index (χ0) is 9.97. The number of aromatic nitrogens is 1. The average Bonchev–Trinajstić information content (AvgIpc) is 2.54. The van der Waals surface area contributed by atoms with Gasteiger partial charge in [0.05, 0.1) is 0 Å². The van der Waals surface area contributed by atoms with Crippen LogP contribution < -0.4 is 5.54 Å². The highest BCUT2D eigenvalue weighted by atomic mass is 35.5. The fourth-order valence-corrected chi connectivity index (χ4v) is 1.81. The van der Waals surface area contributed by atoms with E-state index in [1.807, 2.05) is 19.2 Å². The predicted octanol–water partition coefficient (Wildman–Crippen LogP) is 2.62. The first-order valence-electron chi connectivity index (χ1n) is 4.69. The van der Waals surface area contributed by atoms with E-state index in [2.05, 4.69) is 22.9 Å². The fourth-order valence-electron chi connectivity index (χ4n) is 1.81. The summed E-state index contributed by atoms with van der Waals surface area (Å²) in [4.78, 5) is 0. The molecule has 0 atom stereocenters. The molecule has 0 aliphatic heterocycles. The maximum absolute atomic E-state index is 11.8. The molecule has 0 unspecified atom stereocenters. The molecule has 15 heavy (non-hydrogen) atoms. The van der Waals surface area contributed by atoms with Crippen LogP contribution in [0.3, 0.4) is 0 Å². The normalized spacial score (nSPS) is 10.3. The lowest BCUT2D eigenvalue weighted by atomic mass is 10.1. The highest BCUT2D eigenvalue weighted by molar-refractivity contribution is 5.85. The maximum atomic E-state index is 11.8. The van der Waals surface area contributed by atoms with Crippen LogP contribution in [0.5, 0.6) is 0 Å². The van der Waals surface area contributed by atoms with Gasteiger partial charge in [-0.2, -0.15) is 5.54 Å². The van der Waals surface area contributed by atoms with Gasteiger partial charge in [0.2, 0.25) is 0 Å². The second-order valence-electron chi connectivity index (χ2n) is 3.42. The van der Waals surface area contributed by atoms with Crippen molar-refractivity contribution >= 4 is 23.3 Å². The Kier molecular flexibility index (Phi) is 4.12. The van der Waals surface area contributed by atoms with Crippen LogP contribution in [-0.2, 0) is 13.5 Å². The van der Waals surface area contributed by atoms with Gasteiger partial charge in [-0.3, -0.25) is 0 Å². The van der Waals surface area contributed by atoms with Gasteiger partial charge < -0.3 is 4.57 Å². The number of para-hydroxylation sites is 1. The number of fused-ring (bicyclic) bond motifs is 1. The molecule has 1 aromatic heterocycles. The van der Waals surface area contributed by atoms with Gasteiger partial charge in [0.15, 0.2) is 0 Å². The summed E-state index contributed by atoms with van der Waals surface area (Å²) in [6, 6.07) is 8.17. The summed E-state index contributed by atoms with van der Waals surface area (Å²) in [6.45, 7) is 0.369. The summed E-state index contributed by atoms with van der Waals surface area (Å²) in [5.74, 6) is 0. The van der Waals surface area contributed by atoms with E-state index in [-0.39, 0.29) is 12.4 Å². The molecular formula is C11H14ClFN2. The molecular weight excluding hydrogens is 215 g/mol. The highest BCUT2D eigenvalue weighted by Crippen LogP contribution is 2.20. The number of halogens is 2. The van der Waals surface area contributed by atoms with E-state index in [9.17, 15) is 4.48 Å². The zero-order valence-electron chi connectivity index (χ0n) is 8.53. The van der Waals surface area contributed by atoms with Gasteiger partial charge in [-0.05, 0) is 18.1 Å². The second-order valence-corrected chi connectivity index (χ2v) is 3.42. The first-order valence-corrected chi connectivity index (χ1v) is 4.69. The van der Waals surface area contributed by atoms with Gasteiger partial charge >= 0.3 is 0 Å². The van der Waals surface area contributed by atoms with Crippen LogP contribution in [0, 0.1) is 0 Å². The molecule has 1 aromatic carbocycles. The second kappa shape index (κ2) is 5.14. The van der Waals surface area contributed by atoms with E-state index in [0.717, 1.165) is 6.42 Å². The van der Waals surface area contributed by atoms with E-state index >= 15 is 0 Å². The number of hydrogen-bond acceptors (Lipinski definition) is 1. The van der Waals surface area contributed by atoms with Crippen LogP contribution in [0.1, 0.15) is 5.56 Å². The van der Waals surface area contributed by atoms with Crippen LogP contribution in [0.15, 0.2) is 30.5 Å². The van der Waals surface area contributed by atoms with Crippen LogP contribution in [0.25, 0.3) is 10.9 Å². The molecule has 0 amide bonds. The lowest BCUT2D eigenvalue weighted by Crippen LogP contribution is -2.05. The van der Waals surface area contributed by atoms with Crippen molar-refractivity contribution in [2.75, 3.05) is 6.54 Å². The molecule has 0 spiro atoms. The van der Waals surface area contributed by atoms with E-state index in [4.69, 9.17) is 0 Å². The average molecular weight is 229 g/mol. The van der Waals surface area contributed by atoms with E-state index in [1.54, 1.807) is 5.54 Å². The molecule has 0 fully saturated rings. The van der Waals surface area contributed by atoms with Crippen molar-refractivity contribution in [1.29, 1.82) is 0 Å². The first-order chi connectivity index (χ1) is 6.83. The SMILES string of the molecule is Cl.Cn1cc(CCNF)c2ccccc21. The van der Waals surface area contributed by atoms with Gasteiger partial charge in [-0.15, -0.1) is 16.9 Å². The fraction of sp³-hybridized carbons (Fsp3) is 0.273. The topological polar surface area (TPSA) is 17.0 Å². The van der Waals surface area contributed by atoms with Crippen LogP contribution in [-0.4, -0.2) is 11.1 Å². The van der Waals surface area contributed by atoms with Crippen molar-refractivity contribution in [3.63, 3.8) is 0 Å². The van der Waals surface area contributed by atoms with Gasteiger partial charge in [0, 0.05) is 30.7 Å². The minimum absolute atomic E-state index is 0. The summed E-state index contributed by atoms with van der Waals surface area (Å²) < 4.78 is 13.9. The standard InChI is InChI=1S/C11H13FN2.ClH/c1-14-8-9(6-7-13-12)10-4-2-3-5-11(10)14;/h2-5,8,13H,6-7H2,1H3;1H. The van der Waals surface area contributed by atoms with Crippen molar-refractivity contribution < 1.29 is 4.48 Å². The monoisotopic (exact) mass is 228 g/mol. The van der Waals surface area contributed by atoms with E-state index in [0.29, 0.717) is 6.54 Å². The third kappa shape index (κ3) is 2.30. The number of hydrogen-bond donors (Lipinski definition) is 1. The molecule has 0 bridgehead atoms. The number of benzene rings is 1. The number of nitrogens with zero attached hydrogens (tertiary/aromatic N) is 1. The van der Waals surface area contributed by atoms with Crippen LogP contribution >= 0.6 is 12.4 Å². The first kappa shape index (κ1) is 12.0. The Hall–Kier alpha value is -1.06. The third-order valence-electron chi connectivity index (χ3n) is 2.47.